The Morgan fingerprint density at radius 1 is 0.513 bits per heavy atom. The molecule has 39 heavy (non-hydrogen) atoms. The maximum Gasteiger partial charge on any atom is 0.0540 e. The van der Waals surface area contributed by atoms with Gasteiger partial charge in [-0.25, -0.2) is 0 Å². The van der Waals surface area contributed by atoms with E-state index in [1.807, 2.05) is 0 Å². The summed E-state index contributed by atoms with van der Waals surface area (Å²) in [5, 5.41) is 2.55. The Hall–Kier alpha value is -3.84. The number of anilines is 3. The Morgan fingerprint density at radius 2 is 1.18 bits per heavy atom. The Kier molecular flexibility index (Phi) is 4.57. The summed E-state index contributed by atoms with van der Waals surface area (Å²) in [5.41, 5.74) is 10.1. The van der Waals surface area contributed by atoms with Crippen LogP contribution in [0.4, 0.5) is 17.1 Å². The Bertz CT molecular complexity index is 1700. The molecule has 5 aliphatic rings. The molecule has 5 aromatic rings. The third-order valence-electron chi connectivity index (χ3n) is 10.8. The molecule has 4 bridgehead atoms. The lowest BCUT2D eigenvalue weighted by atomic mass is 9.43. The van der Waals surface area contributed by atoms with Gasteiger partial charge in [0, 0.05) is 22.2 Å². The monoisotopic (exact) mass is 503 g/mol. The van der Waals surface area contributed by atoms with Crippen LogP contribution in [0.15, 0.2) is 115 Å². The van der Waals surface area contributed by atoms with Gasteiger partial charge in [-0.2, -0.15) is 0 Å². The van der Waals surface area contributed by atoms with Crippen molar-refractivity contribution in [3.63, 3.8) is 0 Å². The summed E-state index contributed by atoms with van der Waals surface area (Å²) in [7, 11) is 0. The zero-order chi connectivity index (χ0) is 25.6. The first-order valence-electron chi connectivity index (χ1n) is 14.9. The fraction of sp³-hybridized carbons (Fsp3) is 0.263. The second-order valence-electron chi connectivity index (χ2n) is 12.6. The van der Waals surface area contributed by atoms with Gasteiger partial charge in [0.25, 0.3) is 0 Å². The molecule has 0 heterocycles. The highest BCUT2D eigenvalue weighted by molar-refractivity contribution is 5.99. The van der Waals surface area contributed by atoms with Crippen molar-refractivity contribution < 1.29 is 0 Å². The number of hydrogen-bond acceptors (Lipinski definition) is 1. The van der Waals surface area contributed by atoms with Crippen LogP contribution in [0.2, 0.25) is 0 Å². The summed E-state index contributed by atoms with van der Waals surface area (Å²) in [4.78, 5) is 2.47. The van der Waals surface area contributed by atoms with E-state index in [0.29, 0.717) is 0 Å². The Morgan fingerprint density at radius 3 is 2.00 bits per heavy atom. The molecule has 1 nitrogen and oxygen atoms in total. The first-order chi connectivity index (χ1) is 19.3. The molecule has 1 spiro atoms. The molecule has 0 radical (unpaired) electrons. The predicted molar refractivity (Wildman–Crippen MR) is 162 cm³/mol. The molecule has 0 aromatic heterocycles. The topological polar surface area (TPSA) is 3.24 Å². The summed E-state index contributed by atoms with van der Waals surface area (Å²) in [6, 6.07) is 43.3. The number of benzene rings is 5. The van der Waals surface area contributed by atoms with Gasteiger partial charge in [0.1, 0.15) is 0 Å². The first-order valence-corrected chi connectivity index (χ1v) is 14.9. The van der Waals surface area contributed by atoms with Crippen LogP contribution in [-0.4, -0.2) is 0 Å². The van der Waals surface area contributed by atoms with Crippen molar-refractivity contribution in [3.8, 4) is 11.1 Å². The van der Waals surface area contributed by atoms with E-state index in [-0.39, 0.29) is 5.41 Å². The average molecular weight is 504 g/mol. The van der Waals surface area contributed by atoms with Crippen molar-refractivity contribution in [2.45, 2.75) is 37.5 Å². The maximum atomic E-state index is 2.54. The lowest BCUT2D eigenvalue weighted by Crippen LogP contribution is -2.55. The lowest BCUT2D eigenvalue weighted by molar-refractivity contribution is -0.0399. The van der Waals surface area contributed by atoms with E-state index in [9.17, 15) is 0 Å². The van der Waals surface area contributed by atoms with Gasteiger partial charge < -0.3 is 4.90 Å². The van der Waals surface area contributed by atoms with Crippen molar-refractivity contribution >= 4 is 27.8 Å². The summed E-state index contributed by atoms with van der Waals surface area (Å²) in [5.74, 6) is 3.53. The normalized spacial score (nSPS) is 27.6. The van der Waals surface area contributed by atoms with Crippen molar-refractivity contribution in [2.75, 3.05) is 4.90 Å². The molecule has 0 unspecified atom stereocenters. The van der Waals surface area contributed by atoms with E-state index in [0.717, 1.165) is 23.7 Å². The van der Waals surface area contributed by atoms with Crippen LogP contribution in [0.5, 0.6) is 0 Å². The van der Waals surface area contributed by atoms with E-state index in [4.69, 9.17) is 0 Å². The summed E-state index contributed by atoms with van der Waals surface area (Å²) < 4.78 is 0. The molecular weight excluding hydrogens is 470 g/mol. The van der Waals surface area contributed by atoms with Crippen LogP contribution < -0.4 is 4.90 Å². The number of para-hydroxylation sites is 1. The molecule has 1 heteroatoms. The van der Waals surface area contributed by atoms with Crippen molar-refractivity contribution in [2.24, 2.45) is 23.7 Å². The third-order valence-corrected chi connectivity index (χ3v) is 10.8. The van der Waals surface area contributed by atoms with Crippen LogP contribution >= 0.6 is 0 Å². The van der Waals surface area contributed by atoms with Crippen molar-refractivity contribution in [3.05, 3.63) is 126 Å². The molecule has 10 rings (SSSR count). The molecule has 0 aliphatic heterocycles. The first kappa shape index (κ1) is 22.0. The van der Waals surface area contributed by atoms with Crippen LogP contribution in [-0.2, 0) is 5.41 Å². The fourth-order valence-electron chi connectivity index (χ4n) is 9.69. The van der Waals surface area contributed by atoms with E-state index < -0.39 is 0 Å². The smallest absolute Gasteiger partial charge is 0.0540 e. The van der Waals surface area contributed by atoms with Crippen molar-refractivity contribution in [1.29, 1.82) is 0 Å². The van der Waals surface area contributed by atoms with Crippen LogP contribution in [0.3, 0.4) is 0 Å². The Labute approximate surface area is 231 Å². The van der Waals surface area contributed by atoms with Gasteiger partial charge in [-0.15, -0.1) is 0 Å². The van der Waals surface area contributed by atoms with Gasteiger partial charge in [-0.1, -0.05) is 84.9 Å². The van der Waals surface area contributed by atoms with Crippen LogP contribution in [0.1, 0.15) is 43.2 Å². The van der Waals surface area contributed by atoms with Crippen LogP contribution in [0.25, 0.3) is 21.9 Å². The quantitative estimate of drug-likeness (QED) is 0.237. The molecule has 0 N–H and O–H groups in total. The number of hydrogen-bond donors (Lipinski definition) is 0. The zero-order valence-electron chi connectivity index (χ0n) is 22.3. The van der Waals surface area contributed by atoms with Crippen LogP contribution in [0, 0.1) is 23.7 Å². The summed E-state index contributed by atoms with van der Waals surface area (Å²) in [6.07, 6.45) is 7.19. The van der Waals surface area contributed by atoms with Gasteiger partial charge in [0.05, 0.1) is 5.69 Å². The van der Waals surface area contributed by atoms with E-state index in [1.54, 1.807) is 11.1 Å². The second-order valence-corrected chi connectivity index (χ2v) is 12.6. The molecular formula is C38H33N. The summed E-state index contributed by atoms with van der Waals surface area (Å²) in [6.45, 7) is 0. The molecule has 0 saturated heterocycles. The zero-order valence-corrected chi connectivity index (χ0v) is 22.3. The predicted octanol–water partition coefficient (Wildman–Crippen LogP) is 10.0. The van der Waals surface area contributed by atoms with Gasteiger partial charge in [0.2, 0.25) is 0 Å². The number of rotatable bonds is 3. The molecule has 5 aromatic carbocycles. The molecule has 0 atom stereocenters. The van der Waals surface area contributed by atoms with E-state index >= 15 is 0 Å². The van der Waals surface area contributed by atoms with Gasteiger partial charge in [0.15, 0.2) is 0 Å². The minimum atomic E-state index is 0.217. The van der Waals surface area contributed by atoms with Crippen molar-refractivity contribution in [1.82, 2.24) is 0 Å². The minimum Gasteiger partial charge on any atom is -0.310 e. The molecule has 190 valence electrons. The van der Waals surface area contributed by atoms with Gasteiger partial charge in [-0.3, -0.25) is 0 Å². The van der Waals surface area contributed by atoms with E-state index in [1.165, 1.54) is 71.1 Å². The molecule has 5 aliphatic carbocycles. The average Bonchev–Trinajstić information content (AvgIpc) is 3.27. The highest BCUT2D eigenvalue weighted by atomic mass is 15.1. The lowest BCUT2D eigenvalue weighted by Gasteiger charge is -2.61. The van der Waals surface area contributed by atoms with Gasteiger partial charge in [-0.05, 0) is 114 Å². The number of fused-ring (bicyclic) bond motifs is 4. The minimum absolute atomic E-state index is 0.217. The molecule has 4 saturated carbocycles. The maximum absolute atomic E-state index is 2.54. The summed E-state index contributed by atoms with van der Waals surface area (Å²) >= 11 is 0. The van der Waals surface area contributed by atoms with E-state index in [2.05, 4.69) is 120 Å². The SMILES string of the molecule is c1ccc(N(c2ccc3c(c2)-c2ccccc2C32C3CC4CC(C3)CC2C4)c2cccc3ccccc23)cc1. The molecule has 4 fully saturated rings. The third kappa shape index (κ3) is 2.96. The van der Waals surface area contributed by atoms with Gasteiger partial charge >= 0.3 is 0 Å². The number of nitrogens with zero attached hydrogens (tertiary/aromatic N) is 1. The largest absolute Gasteiger partial charge is 0.310 e. The highest BCUT2D eigenvalue weighted by Gasteiger charge is 2.61. The highest BCUT2D eigenvalue weighted by Crippen LogP contribution is 2.69. The second kappa shape index (κ2) is 8.09. The fourth-order valence-corrected chi connectivity index (χ4v) is 9.69. The standard InChI is InChI=1S/C38H33N/c1-2-11-30(12-3-1)39(37-16-8-10-27-9-4-5-13-32(27)37)31-17-18-36-34(24-31)33-14-6-7-15-35(33)38(36)28-20-25-19-26(22-28)23-29(38)21-25/h1-18,24-26,28-29H,19-23H2. The molecule has 0 amide bonds. The Balaban J connectivity index is 1.27.